The second-order valence-corrected chi connectivity index (χ2v) is 10.4. The van der Waals surface area contributed by atoms with E-state index in [9.17, 15) is 8.42 Å². The van der Waals surface area contributed by atoms with Crippen molar-refractivity contribution in [2.75, 3.05) is 24.7 Å². The third-order valence-electron chi connectivity index (χ3n) is 5.38. The molecule has 0 fully saturated rings. The Balaban J connectivity index is 1.44. The van der Waals surface area contributed by atoms with Crippen molar-refractivity contribution in [3.63, 3.8) is 0 Å². The van der Waals surface area contributed by atoms with Crippen LogP contribution in [0.4, 0.5) is 11.4 Å². The molecule has 0 bridgehead atoms. The maximum Gasteiger partial charge on any atom is 0.242 e. The van der Waals surface area contributed by atoms with E-state index in [2.05, 4.69) is 25.4 Å². The number of anilines is 2. The molecular formula is C22H26N6O2S2. The molecule has 0 saturated carbocycles. The van der Waals surface area contributed by atoms with Crippen LogP contribution in [0.2, 0.25) is 0 Å². The number of nitrogens with zero attached hydrogens (tertiary/aromatic N) is 4. The van der Waals surface area contributed by atoms with Gasteiger partial charge in [-0.05, 0) is 67.5 Å². The number of aromatic nitrogens is 3. The number of sulfonamides is 1. The lowest BCUT2D eigenvalue weighted by Gasteiger charge is -2.14. The second kappa shape index (κ2) is 9.35. The van der Waals surface area contributed by atoms with Crippen molar-refractivity contribution in [2.45, 2.75) is 37.1 Å². The largest absolute Gasteiger partial charge is 0.332 e. The molecule has 1 aliphatic heterocycles. The van der Waals surface area contributed by atoms with Gasteiger partial charge in [0.1, 0.15) is 5.82 Å². The Bertz CT molecular complexity index is 1220. The average Bonchev–Trinajstić information content (AvgIpc) is 3.02. The smallest absolute Gasteiger partial charge is 0.242 e. The third-order valence-corrected chi connectivity index (χ3v) is 7.40. The molecule has 4 rings (SSSR count). The number of rotatable bonds is 5. The van der Waals surface area contributed by atoms with Crippen LogP contribution < -0.4 is 10.6 Å². The summed E-state index contributed by atoms with van der Waals surface area (Å²) in [4.78, 5) is 0.201. The number of fused-ring (bicyclic) bond motifs is 1. The molecule has 0 radical (unpaired) electrons. The summed E-state index contributed by atoms with van der Waals surface area (Å²) in [5, 5.41) is 15.3. The fraction of sp³-hybridized carbons (Fsp3) is 0.318. The lowest BCUT2D eigenvalue weighted by Crippen LogP contribution is -2.23. The quantitative estimate of drug-likeness (QED) is 0.549. The monoisotopic (exact) mass is 470 g/mol. The van der Waals surface area contributed by atoms with Crippen molar-refractivity contribution >= 4 is 38.7 Å². The van der Waals surface area contributed by atoms with Gasteiger partial charge in [0.05, 0.1) is 4.90 Å². The highest BCUT2D eigenvalue weighted by atomic mass is 32.2. The van der Waals surface area contributed by atoms with Crippen molar-refractivity contribution in [1.29, 1.82) is 0 Å². The molecule has 2 N–H and O–H groups in total. The van der Waals surface area contributed by atoms with Crippen LogP contribution in [0.1, 0.15) is 25.1 Å². The van der Waals surface area contributed by atoms with E-state index in [1.807, 2.05) is 24.3 Å². The molecule has 0 unspecified atom stereocenters. The van der Waals surface area contributed by atoms with Crippen LogP contribution in [0.3, 0.4) is 0 Å². The predicted octanol–water partition coefficient (Wildman–Crippen LogP) is 3.73. The number of hydrogen-bond acceptors (Lipinski definition) is 5. The number of nitrogens with one attached hydrogen (secondary N) is 2. The fourth-order valence-corrected chi connectivity index (χ4v) is 4.82. The highest BCUT2D eigenvalue weighted by Crippen LogP contribution is 2.24. The van der Waals surface area contributed by atoms with Crippen molar-refractivity contribution in [3.05, 3.63) is 54.4 Å². The number of thiocarbonyl (C=S) groups is 1. The Labute approximate surface area is 193 Å². The molecule has 1 aromatic heterocycles. The molecule has 0 saturated heterocycles. The van der Waals surface area contributed by atoms with E-state index in [0.717, 1.165) is 48.7 Å². The third kappa shape index (κ3) is 4.82. The van der Waals surface area contributed by atoms with Gasteiger partial charge in [-0.15, -0.1) is 10.2 Å². The minimum atomic E-state index is -3.51. The van der Waals surface area contributed by atoms with E-state index in [1.165, 1.54) is 24.8 Å². The average molecular weight is 471 g/mol. The Morgan fingerprint density at radius 2 is 1.75 bits per heavy atom. The zero-order valence-corrected chi connectivity index (χ0v) is 19.7. The summed E-state index contributed by atoms with van der Waals surface area (Å²) < 4.78 is 28.1. The molecule has 1 aliphatic rings. The molecule has 0 aliphatic carbocycles. The SMILES string of the molecule is CN(C)S(=O)(=O)c1cccc(NC(=S)Nc2ccc(-c3nnc4n3CCCCC4)cc2)c1. The van der Waals surface area contributed by atoms with E-state index < -0.39 is 10.0 Å². The maximum atomic E-state index is 12.3. The van der Waals surface area contributed by atoms with Crippen LogP contribution in [0.15, 0.2) is 53.4 Å². The van der Waals surface area contributed by atoms with E-state index in [-0.39, 0.29) is 4.90 Å². The standard InChI is InChI=1S/C22H26N6O2S2/c1-27(2)32(29,30)19-8-6-7-18(15-19)24-22(31)23-17-12-10-16(11-13-17)21-26-25-20-9-4-3-5-14-28(20)21/h6-8,10-13,15H,3-5,9,14H2,1-2H3,(H2,23,24,31). The van der Waals surface area contributed by atoms with Crippen LogP contribution in [-0.4, -0.2) is 46.7 Å². The molecule has 2 heterocycles. The topological polar surface area (TPSA) is 92.2 Å². The van der Waals surface area contributed by atoms with Crippen LogP contribution in [0.5, 0.6) is 0 Å². The molecule has 3 aromatic rings. The van der Waals surface area contributed by atoms with Crippen LogP contribution in [0.25, 0.3) is 11.4 Å². The summed E-state index contributed by atoms with van der Waals surface area (Å²) in [6, 6.07) is 14.4. The first kappa shape index (κ1) is 22.4. The maximum absolute atomic E-state index is 12.3. The van der Waals surface area contributed by atoms with Crippen LogP contribution in [-0.2, 0) is 23.0 Å². The van der Waals surface area contributed by atoms with Crippen LogP contribution in [0, 0.1) is 0 Å². The molecule has 0 amide bonds. The molecule has 32 heavy (non-hydrogen) atoms. The van der Waals surface area contributed by atoms with Gasteiger partial charge in [-0.2, -0.15) is 0 Å². The van der Waals surface area contributed by atoms with Crippen molar-refractivity contribution in [1.82, 2.24) is 19.1 Å². The van der Waals surface area contributed by atoms with E-state index >= 15 is 0 Å². The summed E-state index contributed by atoms with van der Waals surface area (Å²) in [5.41, 5.74) is 2.42. The van der Waals surface area contributed by atoms with Gasteiger partial charge in [-0.1, -0.05) is 12.5 Å². The van der Waals surface area contributed by atoms with E-state index in [4.69, 9.17) is 12.2 Å². The highest BCUT2D eigenvalue weighted by Gasteiger charge is 2.18. The molecular weight excluding hydrogens is 444 g/mol. The van der Waals surface area contributed by atoms with Crippen LogP contribution >= 0.6 is 12.2 Å². The minimum absolute atomic E-state index is 0.201. The second-order valence-electron chi connectivity index (χ2n) is 7.87. The number of benzene rings is 2. The summed E-state index contributed by atoms with van der Waals surface area (Å²) in [5.74, 6) is 1.96. The first-order chi connectivity index (χ1) is 15.3. The van der Waals surface area contributed by atoms with E-state index in [0.29, 0.717) is 10.8 Å². The van der Waals surface area contributed by atoms with Gasteiger partial charge in [-0.3, -0.25) is 0 Å². The summed E-state index contributed by atoms with van der Waals surface area (Å²) in [7, 11) is -0.508. The first-order valence-corrected chi connectivity index (χ1v) is 12.3. The Kier molecular flexibility index (Phi) is 6.54. The fourth-order valence-electron chi connectivity index (χ4n) is 3.64. The lowest BCUT2D eigenvalue weighted by molar-refractivity contribution is 0.521. The zero-order valence-electron chi connectivity index (χ0n) is 18.1. The molecule has 168 valence electrons. The summed E-state index contributed by atoms with van der Waals surface area (Å²) in [6.07, 6.45) is 4.51. The summed E-state index contributed by atoms with van der Waals surface area (Å²) >= 11 is 5.41. The Hall–Kier alpha value is -2.82. The Morgan fingerprint density at radius 1 is 1.00 bits per heavy atom. The molecule has 2 aromatic carbocycles. The van der Waals surface area contributed by atoms with Gasteiger partial charge in [0.15, 0.2) is 10.9 Å². The predicted molar refractivity (Wildman–Crippen MR) is 130 cm³/mol. The normalized spacial score (nSPS) is 14.0. The van der Waals surface area contributed by atoms with E-state index in [1.54, 1.807) is 24.3 Å². The van der Waals surface area contributed by atoms with Gasteiger partial charge in [-0.25, -0.2) is 12.7 Å². The number of aryl methyl sites for hydroxylation is 1. The number of hydrogen-bond donors (Lipinski definition) is 2. The molecule has 10 heteroatoms. The van der Waals surface area contributed by atoms with Crippen molar-refractivity contribution in [3.8, 4) is 11.4 Å². The zero-order chi connectivity index (χ0) is 22.7. The summed E-state index contributed by atoms with van der Waals surface area (Å²) in [6.45, 7) is 0.953. The molecule has 0 atom stereocenters. The highest BCUT2D eigenvalue weighted by molar-refractivity contribution is 7.89. The minimum Gasteiger partial charge on any atom is -0.332 e. The first-order valence-electron chi connectivity index (χ1n) is 10.5. The molecule has 8 nitrogen and oxygen atoms in total. The van der Waals surface area contributed by atoms with Gasteiger partial charge >= 0.3 is 0 Å². The van der Waals surface area contributed by atoms with Crippen molar-refractivity contribution in [2.24, 2.45) is 0 Å². The van der Waals surface area contributed by atoms with Crippen molar-refractivity contribution < 1.29 is 8.42 Å². The van der Waals surface area contributed by atoms with Gasteiger partial charge < -0.3 is 15.2 Å². The van der Waals surface area contributed by atoms with Gasteiger partial charge in [0, 0.05) is 44.0 Å². The Morgan fingerprint density at radius 3 is 2.50 bits per heavy atom. The lowest BCUT2D eigenvalue weighted by atomic mass is 10.2. The van der Waals surface area contributed by atoms with Gasteiger partial charge in [0.2, 0.25) is 10.0 Å². The molecule has 0 spiro atoms. The van der Waals surface area contributed by atoms with Gasteiger partial charge in [0.25, 0.3) is 0 Å².